The van der Waals surface area contributed by atoms with Gasteiger partial charge in [0.15, 0.2) is 5.13 Å². The molecule has 0 radical (unpaired) electrons. The van der Waals surface area contributed by atoms with E-state index >= 15 is 0 Å². The van der Waals surface area contributed by atoms with E-state index in [9.17, 15) is 14.7 Å². The molecule has 7 heteroatoms. The summed E-state index contributed by atoms with van der Waals surface area (Å²) in [5, 5.41) is 16.9. The van der Waals surface area contributed by atoms with Gasteiger partial charge in [0, 0.05) is 22.7 Å². The van der Waals surface area contributed by atoms with Crippen molar-refractivity contribution in [1.82, 2.24) is 9.55 Å². The fourth-order valence-corrected chi connectivity index (χ4v) is 8.61. The number of nitrogens with one attached hydrogen (secondary N) is 1. The normalized spacial score (nSPS) is 29.5. The standard InChI is InChI=1S/C26H27N3O3S/c30-22-18-5-1-3-17-4-2-6-29(21(17)18)24(32)20(22)23(31)28-25-27-19(13-33-25)26-10-14-7-15(11-26)9-16(8-14)12-26/h1,3,5,13-16,30H,2,4,6-12H2,(H,27,28,31). The van der Waals surface area contributed by atoms with Crippen LogP contribution in [0.25, 0.3) is 10.9 Å². The Kier molecular flexibility index (Phi) is 4.14. The summed E-state index contributed by atoms with van der Waals surface area (Å²) in [7, 11) is 0. The Bertz CT molecular complexity index is 1340. The number of anilines is 1. The molecule has 170 valence electrons. The van der Waals surface area contributed by atoms with Gasteiger partial charge in [-0.1, -0.05) is 12.1 Å². The molecule has 3 aromatic rings. The number of para-hydroxylation sites is 1. The third kappa shape index (κ3) is 2.87. The largest absolute Gasteiger partial charge is 0.506 e. The first kappa shape index (κ1) is 19.8. The Labute approximate surface area is 195 Å². The molecule has 8 rings (SSSR count). The van der Waals surface area contributed by atoms with Crippen LogP contribution in [0.5, 0.6) is 5.75 Å². The number of aryl methyl sites for hydroxylation is 2. The molecule has 4 fully saturated rings. The number of rotatable bonds is 3. The van der Waals surface area contributed by atoms with Crippen LogP contribution in [0.4, 0.5) is 5.13 Å². The first-order valence-corrected chi connectivity index (χ1v) is 13.0. The van der Waals surface area contributed by atoms with Crippen molar-refractivity contribution in [2.45, 2.75) is 63.3 Å². The zero-order chi connectivity index (χ0) is 22.3. The van der Waals surface area contributed by atoms with Crippen molar-refractivity contribution in [3.05, 3.63) is 50.8 Å². The van der Waals surface area contributed by atoms with Gasteiger partial charge in [-0.05, 0) is 80.8 Å². The minimum absolute atomic E-state index is 0.166. The lowest BCUT2D eigenvalue weighted by Crippen LogP contribution is -2.48. The van der Waals surface area contributed by atoms with E-state index in [0.717, 1.165) is 47.4 Å². The number of carbonyl (C=O) groups is 1. The van der Waals surface area contributed by atoms with Gasteiger partial charge >= 0.3 is 0 Å². The summed E-state index contributed by atoms with van der Waals surface area (Å²) < 4.78 is 1.64. The number of nitrogens with zero attached hydrogens (tertiary/aromatic N) is 2. The molecule has 2 N–H and O–H groups in total. The molecule has 0 spiro atoms. The van der Waals surface area contributed by atoms with Crippen LogP contribution in [-0.2, 0) is 18.4 Å². The van der Waals surface area contributed by atoms with Crippen molar-refractivity contribution >= 4 is 33.3 Å². The van der Waals surface area contributed by atoms with Crippen LogP contribution in [0.15, 0.2) is 28.4 Å². The molecule has 4 aliphatic carbocycles. The molecule has 6 nitrogen and oxygen atoms in total. The maximum absolute atomic E-state index is 13.2. The summed E-state index contributed by atoms with van der Waals surface area (Å²) in [5.41, 5.74) is 2.45. The van der Waals surface area contributed by atoms with Crippen LogP contribution in [0.2, 0.25) is 0 Å². The lowest BCUT2D eigenvalue weighted by atomic mass is 9.49. The summed E-state index contributed by atoms with van der Waals surface area (Å²) in [5.74, 6) is 1.67. The van der Waals surface area contributed by atoms with Crippen LogP contribution in [0.3, 0.4) is 0 Å². The summed E-state index contributed by atoms with van der Waals surface area (Å²) in [6.45, 7) is 0.556. The Morgan fingerprint density at radius 1 is 1.15 bits per heavy atom. The third-order valence-corrected chi connectivity index (χ3v) is 9.46. The lowest BCUT2D eigenvalue weighted by molar-refractivity contribution is -0.00688. The van der Waals surface area contributed by atoms with Crippen LogP contribution in [0, 0.1) is 17.8 Å². The van der Waals surface area contributed by atoms with Crippen LogP contribution >= 0.6 is 11.3 Å². The molecule has 4 saturated carbocycles. The van der Waals surface area contributed by atoms with E-state index in [1.54, 1.807) is 10.6 Å². The van der Waals surface area contributed by atoms with Crippen molar-refractivity contribution in [1.29, 1.82) is 0 Å². The first-order valence-electron chi connectivity index (χ1n) is 12.2. The Hall–Kier alpha value is -2.67. The third-order valence-electron chi connectivity index (χ3n) is 8.70. The molecule has 0 unspecified atom stereocenters. The highest BCUT2D eigenvalue weighted by Crippen LogP contribution is 2.60. The number of hydrogen-bond acceptors (Lipinski definition) is 5. The molecule has 5 aliphatic rings. The highest BCUT2D eigenvalue weighted by atomic mass is 32.1. The second-order valence-corrected chi connectivity index (χ2v) is 11.6. The summed E-state index contributed by atoms with van der Waals surface area (Å²) in [4.78, 5) is 31.3. The van der Waals surface area contributed by atoms with Gasteiger partial charge in [0.25, 0.3) is 11.5 Å². The van der Waals surface area contributed by atoms with Crippen LogP contribution in [0.1, 0.15) is 66.6 Å². The maximum atomic E-state index is 13.2. The highest BCUT2D eigenvalue weighted by molar-refractivity contribution is 7.14. The van der Waals surface area contributed by atoms with Crippen molar-refractivity contribution < 1.29 is 9.90 Å². The molecule has 1 amide bonds. The van der Waals surface area contributed by atoms with E-state index in [2.05, 4.69) is 10.7 Å². The van der Waals surface area contributed by atoms with Crippen molar-refractivity contribution in [2.75, 3.05) is 5.32 Å². The average molecular weight is 462 g/mol. The minimum Gasteiger partial charge on any atom is -0.506 e. The quantitative estimate of drug-likeness (QED) is 0.585. The van der Waals surface area contributed by atoms with Gasteiger partial charge in [-0.2, -0.15) is 0 Å². The molecular weight excluding hydrogens is 434 g/mol. The molecular formula is C26H27N3O3S. The highest BCUT2D eigenvalue weighted by Gasteiger charge is 2.52. The van der Waals surface area contributed by atoms with E-state index in [-0.39, 0.29) is 16.7 Å². The van der Waals surface area contributed by atoms with E-state index in [1.807, 2.05) is 12.1 Å². The Balaban J connectivity index is 1.22. The van der Waals surface area contributed by atoms with Crippen LogP contribution < -0.4 is 10.9 Å². The maximum Gasteiger partial charge on any atom is 0.267 e. The second-order valence-electron chi connectivity index (χ2n) is 10.8. The van der Waals surface area contributed by atoms with Gasteiger partial charge in [0.2, 0.25) is 0 Å². The monoisotopic (exact) mass is 461 g/mol. The summed E-state index contributed by atoms with van der Waals surface area (Å²) in [6, 6.07) is 5.64. The van der Waals surface area contributed by atoms with E-state index in [1.165, 1.54) is 49.9 Å². The fraction of sp³-hybridized carbons (Fsp3) is 0.500. The molecule has 2 aromatic heterocycles. The topological polar surface area (TPSA) is 84.2 Å². The van der Waals surface area contributed by atoms with Gasteiger partial charge in [-0.3, -0.25) is 14.9 Å². The van der Waals surface area contributed by atoms with Gasteiger partial charge in [-0.15, -0.1) is 11.3 Å². The number of pyridine rings is 1. The Morgan fingerprint density at radius 3 is 2.61 bits per heavy atom. The number of amides is 1. The SMILES string of the molecule is O=C(Nc1nc(C23CC4CC(CC(C4)C2)C3)cs1)c1c(O)c2cccc3c2n(c1=O)CCC3. The van der Waals surface area contributed by atoms with Crippen LogP contribution in [-0.4, -0.2) is 20.6 Å². The van der Waals surface area contributed by atoms with Crippen molar-refractivity contribution in [2.24, 2.45) is 17.8 Å². The predicted octanol–water partition coefficient (Wildman–Crippen LogP) is 4.83. The van der Waals surface area contributed by atoms with E-state index in [4.69, 9.17) is 4.98 Å². The van der Waals surface area contributed by atoms with Crippen molar-refractivity contribution in [3.63, 3.8) is 0 Å². The number of hydrogen-bond donors (Lipinski definition) is 2. The van der Waals surface area contributed by atoms with Gasteiger partial charge in [-0.25, -0.2) is 4.98 Å². The van der Waals surface area contributed by atoms with Crippen molar-refractivity contribution in [3.8, 4) is 5.75 Å². The lowest BCUT2D eigenvalue weighted by Gasteiger charge is -2.56. The number of aromatic hydroxyl groups is 1. The first-order chi connectivity index (χ1) is 16.0. The number of thiazole rings is 1. The molecule has 0 saturated heterocycles. The van der Waals surface area contributed by atoms with Gasteiger partial charge in [0.1, 0.15) is 11.3 Å². The summed E-state index contributed by atoms with van der Waals surface area (Å²) in [6.07, 6.45) is 9.50. The van der Waals surface area contributed by atoms with Gasteiger partial charge < -0.3 is 9.67 Å². The predicted molar refractivity (Wildman–Crippen MR) is 128 cm³/mol. The molecule has 4 bridgehead atoms. The fourth-order valence-electron chi connectivity index (χ4n) is 7.78. The molecule has 33 heavy (non-hydrogen) atoms. The number of benzene rings is 1. The Morgan fingerprint density at radius 2 is 1.88 bits per heavy atom. The second kappa shape index (κ2) is 6.92. The minimum atomic E-state index is -0.578. The van der Waals surface area contributed by atoms with E-state index < -0.39 is 11.5 Å². The molecule has 1 aromatic carbocycles. The summed E-state index contributed by atoms with van der Waals surface area (Å²) >= 11 is 1.43. The molecule has 3 heterocycles. The van der Waals surface area contributed by atoms with Gasteiger partial charge in [0.05, 0.1) is 11.2 Å². The molecule has 1 aliphatic heterocycles. The van der Waals surface area contributed by atoms with E-state index in [0.29, 0.717) is 17.1 Å². The smallest absolute Gasteiger partial charge is 0.267 e. The number of carbonyl (C=O) groups excluding carboxylic acids is 1. The zero-order valence-electron chi connectivity index (χ0n) is 18.5. The zero-order valence-corrected chi connectivity index (χ0v) is 19.3. The number of aromatic nitrogens is 2. The molecule has 0 atom stereocenters. The average Bonchev–Trinajstić information content (AvgIpc) is 3.26.